The fourth-order valence-electron chi connectivity index (χ4n) is 2.85. The zero-order valence-electron chi connectivity index (χ0n) is 13.6. The molecule has 1 fully saturated rings. The molecule has 3 atom stereocenters. The number of nitro groups is 1. The topological polar surface area (TPSA) is 83.7 Å². The lowest BCUT2D eigenvalue weighted by Crippen LogP contribution is -2.34. The van der Waals surface area contributed by atoms with Gasteiger partial charge in [-0.3, -0.25) is 14.9 Å². The molecule has 0 aliphatic carbocycles. The normalized spacial score (nSPS) is 21.4. The Balaban J connectivity index is 1.79. The first-order chi connectivity index (χ1) is 12.0. The number of rotatable bonds is 5. The van der Waals surface area contributed by atoms with Crippen LogP contribution in [0.1, 0.15) is 29.5 Å². The van der Waals surface area contributed by atoms with Crippen molar-refractivity contribution >= 4 is 23.4 Å². The van der Waals surface area contributed by atoms with Gasteiger partial charge in [-0.25, -0.2) is 0 Å². The van der Waals surface area contributed by atoms with Crippen LogP contribution >= 0.6 is 11.8 Å². The predicted octanol–water partition coefficient (Wildman–Crippen LogP) is 3.29. The maximum atomic E-state index is 12.5. The van der Waals surface area contributed by atoms with Crippen molar-refractivity contribution in [3.8, 4) is 0 Å². The molecule has 6 nitrogen and oxygen atoms in total. The molecule has 0 radical (unpaired) electrons. The molecule has 3 rings (SSSR count). The number of thioether (sulfide) groups is 1. The Labute approximate surface area is 149 Å². The Morgan fingerprint density at radius 2 is 1.84 bits per heavy atom. The molecule has 130 valence electrons. The lowest BCUT2D eigenvalue weighted by atomic mass is 10.1. The predicted molar refractivity (Wildman–Crippen MR) is 96.0 cm³/mol. The van der Waals surface area contributed by atoms with Gasteiger partial charge in [-0.05, 0) is 30.2 Å². The zero-order chi connectivity index (χ0) is 18.0. The van der Waals surface area contributed by atoms with Crippen LogP contribution in [0.2, 0.25) is 0 Å². The molecule has 1 aliphatic heterocycles. The molecule has 0 saturated carbocycles. The van der Waals surface area contributed by atoms with E-state index in [9.17, 15) is 20.0 Å². The largest absolute Gasteiger partial charge is 0.387 e. The summed E-state index contributed by atoms with van der Waals surface area (Å²) in [6, 6.07) is 15.5. The average molecular weight is 358 g/mol. The van der Waals surface area contributed by atoms with Gasteiger partial charge in [0.2, 0.25) is 5.91 Å². The maximum absolute atomic E-state index is 12.5. The Bertz CT molecular complexity index is 766. The molecule has 1 aliphatic rings. The van der Waals surface area contributed by atoms with Gasteiger partial charge in [0.1, 0.15) is 5.37 Å². The third-order valence-corrected chi connectivity index (χ3v) is 5.58. The van der Waals surface area contributed by atoms with Crippen LogP contribution in [0.25, 0.3) is 0 Å². The highest BCUT2D eigenvalue weighted by molar-refractivity contribution is 8.01. The number of non-ortho nitro benzene ring substituents is 1. The molecule has 0 bridgehead atoms. The zero-order valence-corrected chi connectivity index (χ0v) is 14.4. The average Bonchev–Trinajstić information content (AvgIpc) is 2.91. The quantitative estimate of drug-likeness (QED) is 0.655. The van der Waals surface area contributed by atoms with Crippen LogP contribution in [0.15, 0.2) is 54.6 Å². The SMILES string of the molecule is C[C@@H]1S[C@@H](c2ccccc2)N(C[C@@H](O)c2ccc([N+](=O)[O-])cc2)C1=O. The highest BCUT2D eigenvalue weighted by Crippen LogP contribution is 2.43. The summed E-state index contributed by atoms with van der Waals surface area (Å²) in [4.78, 5) is 24.4. The van der Waals surface area contributed by atoms with Crippen LogP contribution in [0.4, 0.5) is 5.69 Å². The van der Waals surface area contributed by atoms with E-state index >= 15 is 0 Å². The van der Waals surface area contributed by atoms with Gasteiger partial charge < -0.3 is 10.0 Å². The number of nitrogens with zero attached hydrogens (tertiary/aromatic N) is 2. The van der Waals surface area contributed by atoms with Crippen molar-refractivity contribution in [3.05, 3.63) is 75.8 Å². The number of aliphatic hydroxyl groups is 1. The number of nitro benzene ring substituents is 1. The van der Waals surface area contributed by atoms with Crippen molar-refractivity contribution in [3.63, 3.8) is 0 Å². The summed E-state index contributed by atoms with van der Waals surface area (Å²) < 4.78 is 0. The summed E-state index contributed by atoms with van der Waals surface area (Å²) in [5, 5.41) is 20.9. The molecule has 1 amide bonds. The second-order valence-electron chi connectivity index (χ2n) is 5.90. The lowest BCUT2D eigenvalue weighted by Gasteiger charge is -2.26. The van der Waals surface area contributed by atoms with Crippen molar-refractivity contribution < 1.29 is 14.8 Å². The molecular weight excluding hydrogens is 340 g/mol. The van der Waals surface area contributed by atoms with Gasteiger partial charge in [-0.2, -0.15) is 0 Å². The minimum atomic E-state index is -0.901. The van der Waals surface area contributed by atoms with Crippen molar-refractivity contribution in [2.24, 2.45) is 0 Å². The number of aliphatic hydroxyl groups excluding tert-OH is 1. The summed E-state index contributed by atoms with van der Waals surface area (Å²) in [5.74, 6) is -0.0141. The number of carbonyl (C=O) groups excluding carboxylic acids is 1. The molecule has 0 unspecified atom stereocenters. The Hall–Kier alpha value is -2.38. The second-order valence-corrected chi connectivity index (χ2v) is 7.32. The smallest absolute Gasteiger partial charge is 0.269 e. The first-order valence-corrected chi connectivity index (χ1v) is 8.85. The highest BCUT2D eigenvalue weighted by atomic mass is 32.2. The molecule has 2 aromatic carbocycles. The number of hydrogen-bond acceptors (Lipinski definition) is 5. The van der Waals surface area contributed by atoms with E-state index in [-0.39, 0.29) is 28.8 Å². The molecule has 1 saturated heterocycles. The number of hydrogen-bond donors (Lipinski definition) is 1. The monoisotopic (exact) mass is 358 g/mol. The van der Waals surface area contributed by atoms with Gasteiger partial charge in [-0.1, -0.05) is 30.3 Å². The highest BCUT2D eigenvalue weighted by Gasteiger charge is 2.39. The molecule has 1 N–H and O–H groups in total. The molecule has 1 heterocycles. The lowest BCUT2D eigenvalue weighted by molar-refractivity contribution is -0.384. The van der Waals surface area contributed by atoms with Crippen LogP contribution in [-0.2, 0) is 4.79 Å². The van der Waals surface area contributed by atoms with Crippen molar-refractivity contribution in [1.29, 1.82) is 0 Å². The summed E-state index contributed by atoms with van der Waals surface area (Å²) in [5.41, 5.74) is 1.54. The van der Waals surface area contributed by atoms with Gasteiger partial charge in [0.05, 0.1) is 22.8 Å². The molecule has 25 heavy (non-hydrogen) atoms. The third-order valence-electron chi connectivity index (χ3n) is 4.19. The fourth-order valence-corrected chi connectivity index (χ4v) is 4.14. The van der Waals surface area contributed by atoms with Crippen LogP contribution in [0.5, 0.6) is 0 Å². The van der Waals surface area contributed by atoms with Gasteiger partial charge >= 0.3 is 0 Å². The summed E-state index contributed by atoms with van der Waals surface area (Å²) in [6.45, 7) is 2.01. The molecule has 7 heteroatoms. The first kappa shape index (κ1) is 17.4. The number of benzene rings is 2. The van der Waals surface area contributed by atoms with Crippen molar-refractivity contribution in [1.82, 2.24) is 4.90 Å². The first-order valence-electron chi connectivity index (χ1n) is 7.90. The van der Waals surface area contributed by atoms with Crippen LogP contribution in [0.3, 0.4) is 0 Å². The van der Waals surface area contributed by atoms with Gasteiger partial charge in [0, 0.05) is 12.1 Å². The van der Waals surface area contributed by atoms with Crippen molar-refractivity contribution in [2.75, 3.05) is 6.54 Å². The number of carbonyl (C=O) groups is 1. The Morgan fingerprint density at radius 3 is 2.44 bits per heavy atom. The van der Waals surface area contributed by atoms with Gasteiger partial charge in [0.25, 0.3) is 5.69 Å². The van der Waals surface area contributed by atoms with E-state index in [2.05, 4.69) is 0 Å². The van der Waals surface area contributed by atoms with Crippen LogP contribution in [-0.4, -0.2) is 32.6 Å². The van der Waals surface area contributed by atoms with E-state index in [1.807, 2.05) is 37.3 Å². The van der Waals surface area contributed by atoms with E-state index in [1.54, 1.807) is 16.7 Å². The van der Waals surface area contributed by atoms with Crippen LogP contribution in [0, 0.1) is 10.1 Å². The van der Waals surface area contributed by atoms with E-state index in [0.717, 1.165) is 5.56 Å². The maximum Gasteiger partial charge on any atom is 0.269 e. The van der Waals surface area contributed by atoms with Crippen LogP contribution < -0.4 is 0 Å². The Kier molecular flexibility index (Phi) is 5.06. The summed E-state index contributed by atoms with van der Waals surface area (Å²) in [6.07, 6.45) is -0.901. The Morgan fingerprint density at radius 1 is 1.20 bits per heavy atom. The van der Waals surface area contributed by atoms with E-state index in [0.29, 0.717) is 5.56 Å². The molecule has 0 aromatic heterocycles. The minimum absolute atomic E-state index is 0.0141. The van der Waals surface area contributed by atoms with Crippen molar-refractivity contribution in [2.45, 2.75) is 23.7 Å². The van der Waals surface area contributed by atoms with Gasteiger partial charge in [-0.15, -0.1) is 11.8 Å². The molecular formula is C18H18N2O4S. The standard InChI is InChI=1S/C18H18N2O4S/c1-12-17(22)19(18(25-12)14-5-3-2-4-6-14)11-16(21)13-7-9-15(10-8-13)20(23)24/h2-10,12,16,18,21H,11H2,1H3/t12-,16+,18-/m0/s1. The minimum Gasteiger partial charge on any atom is -0.387 e. The van der Waals surface area contributed by atoms with E-state index in [4.69, 9.17) is 0 Å². The molecule has 2 aromatic rings. The number of β-amino-alcohol motifs (C(OH)–C–C–N with tert-alkyl or cyclic N) is 1. The number of amides is 1. The van der Waals surface area contributed by atoms with E-state index < -0.39 is 11.0 Å². The van der Waals surface area contributed by atoms with Gasteiger partial charge in [0.15, 0.2) is 0 Å². The van der Waals surface area contributed by atoms with E-state index in [1.165, 1.54) is 24.3 Å². The third kappa shape index (κ3) is 3.67. The fraction of sp³-hybridized carbons (Fsp3) is 0.278. The molecule has 0 spiro atoms. The summed E-state index contributed by atoms with van der Waals surface area (Å²) >= 11 is 1.55. The second kappa shape index (κ2) is 7.25. The summed E-state index contributed by atoms with van der Waals surface area (Å²) in [7, 11) is 0.